The highest BCUT2D eigenvalue weighted by Gasteiger charge is 2.38. The Morgan fingerprint density at radius 2 is 1.55 bits per heavy atom. The number of benzene rings is 1. The third kappa shape index (κ3) is 4.97. The molecule has 3 fully saturated rings. The molecule has 4 unspecified atom stereocenters. The molecule has 4 atom stereocenters. The minimum Gasteiger partial charge on any atom is -0.207 e. The number of aryl methyl sites for hydroxylation is 1. The molecule has 0 heterocycles. The molecular formula is C28H41F. The van der Waals surface area contributed by atoms with Gasteiger partial charge < -0.3 is 0 Å². The van der Waals surface area contributed by atoms with Gasteiger partial charge >= 0.3 is 0 Å². The molecule has 0 amide bonds. The van der Waals surface area contributed by atoms with E-state index in [0.717, 1.165) is 53.6 Å². The minimum absolute atomic E-state index is 0.0307. The zero-order valence-corrected chi connectivity index (χ0v) is 18.6. The molecule has 160 valence electrons. The van der Waals surface area contributed by atoms with E-state index in [-0.39, 0.29) is 5.82 Å². The van der Waals surface area contributed by atoms with E-state index >= 15 is 0 Å². The lowest BCUT2D eigenvalue weighted by molar-refractivity contribution is 0.0628. The van der Waals surface area contributed by atoms with Crippen molar-refractivity contribution < 1.29 is 4.39 Å². The fourth-order valence-corrected chi connectivity index (χ4v) is 7.05. The summed E-state index contributed by atoms with van der Waals surface area (Å²) in [5.74, 6) is 5.41. The number of rotatable bonds is 6. The molecule has 0 radical (unpaired) electrons. The molecule has 4 rings (SSSR count). The summed E-state index contributed by atoms with van der Waals surface area (Å²) in [6.07, 6.45) is 19.1. The van der Waals surface area contributed by atoms with E-state index in [0.29, 0.717) is 5.92 Å². The van der Waals surface area contributed by atoms with E-state index in [9.17, 15) is 4.39 Å². The van der Waals surface area contributed by atoms with Crippen LogP contribution in [-0.4, -0.2) is 0 Å². The van der Waals surface area contributed by atoms with Gasteiger partial charge in [0, 0.05) is 0 Å². The first kappa shape index (κ1) is 21.1. The molecule has 0 bridgehead atoms. The van der Waals surface area contributed by atoms with Gasteiger partial charge in [-0.2, -0.15) is 0 Å². The van der Waals surface area contributed by atoms with Gasteiger partial charge in [-0.1, -0.05) is 38.0 Å². The monoisotopic (exact) mass is 396 g/mol. The van der Waals surface area contributed by atoms with Gasteiger partial charge in [0.15, 0.2) is 0 Å². The topological polar surface area (TPSA) is 0 Å². The predicted octanol–water partition coefficient (Wildman–Crippen LogP) is 8.46. The van der Waals surface area contributed by atoms with Gasteiger partial charge in [-0.15, -0.1) is 6.58 Å². The number of fused-ring (bicyclic) bond motifs is 1. The smallest absolute Gasteiger partial charge is 0.126 e. The fraction of sp³-hybridized carbons (Fsp3) is 0.714. The summed E-state index contributed by atoms with van der Waals surface area (Å²) in [6, 6.07) is 6.00. The third-order valence-electron chi connectivity index (χ3n) is 8.92. The number of halogens is 1. The highest BCUT2D eigenvalue weighted by atomic mass is 19.1. The summed E-state index contributed by atoms with van der Waals surface area (Å²) in [5, 5.41) is 0. The normalized spacial score (nSPS) is 35.1. The van der Waals surface area contributed by atoms with Crippen molar-refractivity contribution in [1.82, 2.24) is 0 Å². The first-order valence-electron chi connectivity index (χ1n) is 12.6. The van der Waals surface area contributed by atoms with Crippen LogP contribution in [0.1, 0.15) is 101 Å². The Kier molecular flexibility index (Phi) is 7.14. The lowest BCUT2D eigenvalue weighted by Crippen LogP contribution is -2.34. The molecule has 0 aromatic heterocycles. The molecule has 1 aromatic rings. The van der Waals surface area contributed by atoms with Gasteiger partial charge in [0.05, 0.1) is 0 Å². The molecule has 3 saturated carbocycles. The lowest BCUT2D eigenvalue weighted by atomic mass is 9.60. The maximum Gasteiger partial charge on any atom is 0.126 e. The Bertz CT molecular complexity index is 669. The van der Waals surface area contributed by atoms with Gasteiger partial charge in [-0.05, 0) is 123 Å². The van der Waals surface area contributed by atoms with Crippen molar-refractivity contribution in [3.8, 4) is 0 Å². The zero-order valence-electron chi connectivity index (χ0n) is 18.6. The van der Waals surface area contributed by atoms with Crippen LogP contribution < -0.4 is 0 Å². The average molecular weight is 397 g/mol. The van der Waals surface area contributed by atoms with Crippen molar-refractivity contribution in [2.45, 2.75) is 96.3 Å². The van der Waals surface area contributed by atoms with Crippen LogP contribution in [0.4, 0.5) is 4.39 Å². The second-order valence-electron chi connectivity index (χ2n) is 10.5. The average Bonchev–Trinajstić information content (AvgIpc) is 2.77. The Morgan fingerprint density at radius 1 is 0.897 bits per heavy atom. The van der Waals surface area contributed by atoms with Crippen molar-refractivity contribution >= 4 is 0 Å². The molecule has 0 spiro atoms. The van der Waals surface area contributed by atoms with E-state index in [4.69, 9.17) is 0 Å². The maximum atomic E-state index is 14.7. The van der Waals surface area contributed by atoms with Crippen LogP contribution in [0.3, 0.4) is 0 Å². The van der Waals surface area contributed by atoms with Gasteiger partial charge in [-0.3, -0.25) is 0 Å². The summed E-state index contributed by atoms with van der Waals surface area (Å²) in [5.41, 5.74) is 2.08. The summed E-state index contributed by atoms with van der Waals surface area (Å²) >= 11 is 0. The molecular weight excluding hydrogens is 355 g/mol. The Labute approximate surface area is 178 Å². The summed E-state index contributed by atoms with van der Waals surface area (Å²) in [7, 11) is 0. The van der Waals surface area contributed by atoms with Crippen molar-refractivity contribution in [1.29, 1.82) is 0 Å². The van der Waals surface area contributed by atoms with E-state index in [1.54, 1.807) is 6.07 Å². The van der Waals surface area contributed by atoms with E-state index < -0.39 is 0 Å². The quantitative estimate of drug-likeness (QED) is 0.423. The standard InChI is InChI=1S/C28H41F/c1-3-5-6-21-8-16-27(28(29)18-21)23-12-10-22(11-13-23)25-15-14-24-17-20(4-2)7-9-26(24)19-25/h3,8,16,18,20,22-26H,1,4-7,9-15,17,19H2,2H3. The molecule has 1 heteroatoms. The molecule has 0 saturated heterocycles. The van der Waals surface area contributed by atoms with Crippen LogP contribution in [0.25, 0.3) is 0 Å². The van der Waals surface area contributed by atoms with Gasteiger partial charge in [0.1, 0.15) is 5.82 Å². The van der Waals surface area contributed by atoms with Crippen LogP contribution in [0.5, 0.6) is 0 Å². The number of allylic oxidation sites excluding steroid dienone is 1. The molecule has 0 aliphatic heterocycles. The van der Waals surface area contributed by atoms with Crippen molar-refractivity contribution in [3.63, 3.8) is 0 Å². The Morgan fingerprint density at radius 3 is 2.24 bits per heavy atom. The van der Waals surface area contributed by atoms with Crippen molar-refractivity contribution in [2.75, 3.05) is 0 Å². The van der Waals surface area contributed by atoms with E-state index in [1.165, 1.54) is 70.6 Å². The summed E-state index contributed by atoms with van der Waals surface area (Å²) < 4.78 is 14.7. The first-order valence-corrected chi connectivity index (χ1v) is 12.6. The molecule has 29 heavy (non-hydrogen) atoms. The Balaban J connectivity index is 1.29. The predicted molar refractivity (Wildman–Crippen MR) is 122 cm³/mol. The zero-order chi connectivity index (χ0) is 20.2. The maximum absolute atomic E-state index is 14.7. The lowest BCUT2D eigenvalue weighted by Gasteiger charge is -2.45. The van der Waals surface area contributed by atoms with Gasteiger partial charge in [0.25, 0.3) is 0 Å². The number of hydrogen-bond donors (Lipinski definition) is 0. The van der Waals surface area contributed by atoms with E-state index in [2.05, 4.69) is 25.6 Å². The number of hydrogen-bond acceptors (Lipinski definition) is 0. The Hall–Kier alpha value is -1.11. The van der Waals surface area contributed by atoms with Gasteiger partial charge in [-0.25, -0.2) is 4.39 Å². The first-order chi connectivity index (χ1) is 14.2. The summed E-state index contributed by atoms with van der Waals surface area (Å²) in [4.78, 5) is 0. The van der Waals surface area contributed by atoms with Crippen LogP contribution in [0.15, 0.2) is 30.9 Å². The molecule has 3 aliphatic rings. The largest absolute Gasteiger partial charge is 0.207 e. The second-order valence-corrected chi connectivity index (χ2v) is 10.5. The van der Waals surface area contributed by atoms with Crippen LogP contribution >= 0.6 is 0 Å². The highest BCUT2D eigenvalue weighted by molar-refractivity contribution is 5.28. The van der Waals surface area contributed by atoms with Crippen molar-refractivity contribution in [3.05, 3.63) is 47.8 Å². The molecule has 1 aromatic carbocycles. The van der Waals surface area contributed by atoms with E-state index in [1.807, 2.05) is 6.08 Å². The third-order valence-corrected chi connectivity index (χ3v) is 8.92. The van der Waals surface area contributed by atoms with Crippen LogP contribution in [-0.2, 0) is 6.42 Å². The van der Waals surface area contributed by atoms with Crippen LogP contribution in [0, 0.1) is 35.4 Å². The van der Waals surface area contributed by atoms with Crippen LogP contribution in [0.2, 0.25) is 0 Å². The van der Waals surface area contributed by atoms with Gasteiger partial charge in [0.2, 0.25) is 0 Å². The summed E-state index contributed by atoms with van der Waals surface area (Å²) in [6.45, 7) is 6.15. The SMILES string of the molecule is C=CCCc1ccc(C2CCC(C3CCC4CC(CC)CCC4C3)CC2)c(F)c1. The molecule has 3 aliphatic carbocycles. The highest BCUT2D eigenvalue weighted by Crippen LogP contribution is 2.50. The second kappa shape index (κ2) is 9.80. The molecule has 0 nitrogen and oxygen atoms in total. The molecule has 0 N–H and O–H groups in total. The van der Waals surface area contributed by atoms with Crippen molar-refractivity contribution in [2.24, 2.45) is 29.6 Å². The minimum atomic E-state index is 0.0307. The fourth-order valence-electron chi connectivity index (χ4n) is 7.05.